The van der Waals surface area contributed by atoms with Crippen molar-refractivity contribution in [3.63, 3.8) is 0 Å². The number of fused-ring (bicyclic) bond motifs is 1. The zero-order valence-corrected chi connectivity index (χ0v) is 9.60. The molecule has 1 heterocycles. The summed E-state index contributed by atoms with van der Waals surface area (Å²) in [6.07, 6.45) is 3.37. The first-order valence-corrected chi connectivity index (χ1v) is 5.43. The summed E-state index contributed by atoms with van der Waals surface area (Å²) in [5.41, 5.74) is 1.48. The summed E-state index contributed by atoms with van der Waals surface area (Å²) < 4.78 is 0. The largest absolute Gasteiger partial charge is 0.244 e. The lowest BCUT2D eigenvalue weighted by Crippen LogP contribution is -1.77. The number of nitrogens with zero attached hydrogens (tertiary/aromatic N) is 3. The van der Waals surface area contributed by atoms with Crippen LogP contribution in [-0.2, 0) is 0 Å². The summed E-state index contributed by atoms with van der Waals surface area (Å²) in [4.78, 5) is 17.7. The van der Waals surface area contributed by atoms with Crippen molar-refractivity contribution in [1.82, 2.24) is 9.97 Å². The van der Waals surface area contributed by atoms with Crippen LogP contribution < -0.4 is 0 Å². The molecule has 0 saturated carbocycles. The van der Waals surface area contributed by atoms with Crippen molar-refractivity contribution in [2.75, 3.05) is 0 Å². The maximum Gasteiger partial charge on any atom is 0.116 e. The second kappa shape index (κ2) is 6.20. The molecule has 0 N–H and O–H groups in total. The maximum absolute atomic E-state index is 9.76. The lowest BCUT2D eigenvalue weighted by molar-refractivity contribution is 1.22. The van der Waals surface area contributed by atoms with E-state index in [-0.39, 0.29) is 0 Å². The summed E-state index contributed by atoms with van der Waals surface area (Å²) >= 11 is 0. The van der Waals surface area contributed by atoms with Gasteiger partial charge >= 0.3 is 0 Å². The van der Waals surface area contributed by atoms with Crippen LogP contribution >= 0.6 is 0 Å². The second-order valence-corrected chi connectivity index (χ2v) is 3.51. The summed E-state index contributed by atoms with van der Waals surface area (Å²) in [6.45, 7) is 0. The normalized spacial score (nSPS) is 9.33. The number of nitroso groups, excluding NO2 is 1. The van der Waals surface area contributed by atoms with Gasteiger partial charge in [0.05, 0.1) is 5.52 Å². The molecule has 0 bridgehead atoms. The van der Waals surface area contributed by atoms with Crippen molar-refractivity contribution < 1.29 is 0 Å². The van der Waals surface area contributed by atoms with Gasteiger partial charge in [0.25, 0.3) is 0 Å². The minimum absolute atomic E-state index is 0.479. The number of hydrogen-bond donors (Lipinski definition) is 0. The average molecular weight is 237 g/mol. The predicted octanol–water partition coefficient (Wildman–Crippen LogP) is 3.71. The Morgan fingerprint density at radius 1 is 0.889 bits per heavy atom. The third-order valence-corrected chi connectivity index (χ3v) is 2.28. The van der Waals surface area contributed by atoms with Crippen LogP contribution in [0.15, 0.2) is 72.3 Å². The van der Waals surface area contributed by atoms with Gasteiger partial charge in [0.15, 0.2) is 0 Å². The van der Waals surface area contributed by atoms with Gasteiger partial charge in [-0.3, -0.25) is 0 Å². The van der Waals surface area contributed by atoms with Crippen molar-refractivity contribution in [2.45, 2.75) is 0 Å². The van der Waals surface area contributed by atoms with E-state index in [4.69, 9.17) is 0 Å². The molecule has 2 aromatic carbocycles. The number of aromatic nitrogens is 2. The van der Waals surface area contributed by atoms with Crippen LogP contribution in [-0.4, -0.2) is 9.97 Å². The van der Waals surface area contributed by atoms with Crippen molar-refractivity contribution >= 4 is 16.6 Å². The summed E-state index contributed by atoms with van der Waals surface area (Å²) in [6, 6.07) is 16.6. The van der Waals surface area contributed by atoms with E-state index in [1.165, 1.54) is 0 Å². The van der Waals surface area contributed by atoms with Gasteiger partial charge in [0, 0.05) is 11.6 Å². The van der Waals surface area contributed by atoms with Crippen LogP contribution in [0.3, 0.4) is 0 Å². The Morgan fingerprint density at radius 2 is 1.61 bits per heavy atom. The monoisotopic (exact) mass is 237 g/mol. The van der Waals surface area contributed by atoms with E-state index in [0.29, 0.717) is 5.69 Å². The number of benzene rings is 2. The number of rotatable bonds is 1. The Bertz CT molecular complexity index is 561. The van der Waals surface area contributed by atoms with Gasteiger partial charge in [-0.1, -0.05) is 36.4 Å². The SMILES string of the molecule is O=Nc1ccccc1.c1ccc2ncncc2c1. The Labute approximate surface area is 104 Å². The molecule has 3 rings (SSSR count). The molecule has 0 unspecified atom stereocenters. The molecule has 0 aliphatic rings. The molecule has 3 aromatic rings. The van der Waals surface area contributed by atoms with E-state index < -0.39 is 0 Å². The molecule has 0 spiro atoms. The Morgan fingerprint density at radius 3 is 2.28 bits per heavy atom. The Hall–Kier alpha value is -2.62. The minimum Gasteiger partial charge on any atom is -0.244 e. The van der Waals surface area contributed by atoms with Crippen LogP contribution in [0.5, 0.6) is 0 Å². The highest BCUT2D eigenvalue weighted by Gasteiger charge is 1.87. The first-order valence-electron chi connectivity index (χ1n) is 5.43. The molecule has 1 aromatic heterocycles. The molecule has 18 heavy (non-hydrogen) atoms. The van der Waals surface area contributed by atoms with Gasteiger partial charge < -0.3 is 0 Å². The molecule has 0 aliphatic carbocycles. The van der Waals surface area contributed by atoms with E-state index in [1.54, 1.807) is 30.6 Å². The zero-order valence-electron chi connectivity index (χ0n) is 9.60. The van der Waals surface area contributed by atoms with E-state index in [9.17, 15) is 4.91 Å². The maximum atomic E-state index is 9.76. The van der Waals surface area contributed by atoms with Crippen LogP contribution in [0.25, 0.3) is 10.9 Å². The summed E-state index contributed by atoms with van der Waals surface area (Å²) in [5, 5.41) is 3.81. The lowest BCUT2D eigenvalue weighted by Gasteiger charge is -1.90. The lowest BCUT2D eigenvalue weighted by atomic mass is 10.2. The highest BCUT2D eigenvalue weighted by atomic mass is 16.3. The van der Waals surface area contributed by atoms with Crippen LogP contribution in [0.4, 0.5) is 5.69 Å². The quantitative estimate of drug-likeness (QED) is 0.606. The van der Waals surface area contributed by atoms with E-state index in [2.05, 4.69) is 15.1 Å². The highest BCUT2D eigenvalue weighted by molar-refractivity contribution is 5.76. The first-order chi connectivity index (χ1) is 8.90. The van der Waals surface area contributed by atoms with Crippen LogP contribution in [0.2, 0.25) is 0 Å². The van der Waals surface area contributed by atoms with Crippen molar-refractivity contribution in [3.8, 4) is 0 Å². The third kappa shape index (κ3) is 3.18. The fourth-order valence-electron chi connectivity index (χ4n) is 1.41. The molecule has 0 atom stereocenters. The van der Waals surface area contributed by atoms with Gasteiger partial charge in [0.2, 0.25) is 0 Å². The van der Waals surface area contributed by atoms with Crippen molar-refractivity contribution in [2.24, 2.45) is 5.18 Å². The third-order valence-electron chi connectivity index (χ3n) is 2.28. The fraction of sp³-hybridized carbons (Fsp3) is 0. The first kappa shape index (κ1) is 11.9. The van der Waals surface area contributed by atoms with Crippen molar-refractivity contribution in [3.05, 3.63) is 72.0 Å². The van der Waals surface area contributed by atoms with Gasteiger partial charge in [0.1, 0.15) is 12.0 Å². The molecule has 0 saturated heterocycles. The molecule has 0 amide bonds. The van der Waals surface area contributed by atoms with Crippen LogP contribution in [0, 0.1) is 4.91 Å². The van der Waals surface area contributed by atoms with Gasteiger partial charge in [-0.05, 0) is 23.4 Å². The Balaban J connectivity index is 0.000000138. The molecule has 4 heteroatoms. The van der Waals surface area contributed by atoms with Gasteiger partial charge in [-0.2, -0.15) is 0 Å². The van der Waals surface area contributed by atoms with E-state index in [0.717, 1.165) is 10.9 Å². The molecular weight excluding hydrogens is 226 g/mol. The average Bonchev–Trinajstić information content (AvgIpc) is 2.49. The smallest absolute Gasteiger partial charge is 0.116 e. The number of para-hydroxylation sites is 1. The molecule has 88 valence electrons. The Kier molecular flexibility index (Phi) is 4.08. The highest BCUT2D eigenvalue weighted by Crippen LogP contribution is 2.07. The van der Waals surface area contributed by atoms with Gasteiger partial charge in [-0.15, -0.1) is 4.91 Å². The molecule has 0 aliphatic heterocycles. The van der Waals surface area contributed by atoms with Crippen LogP contribution in [0.1, 0.15) is 0 Å². The summed E-state index contributed by atoms with van der Waals surface area (Å²) in [7, 11) is 0. The van der Waals surface area contributed by atoms with E-state index >= 15 is 0 Å². The standard InChI is InChI=1S/C8H6N2.C6H5NO/c1-2-4-8-7(3-1)5-9-6-10-8;8-7-6-4-2-1-3-5-6/h1-6H;1-5H. The molecule has 0 radical (unpaired) electrons. The molecular formula is C14H11N3O. The summed E-state index contributed by atoms with van der Waals surface area (Å²) in [5.74, 6) is 0. The van der Waals surface area contributed by atoms with E-state index in [1.807, 2.05) is 36.5 Å². The second-order valence-electron chi connectivity index (χ2n) is 3.51. The zero-order chi connectivity index (χ0) is 12.6. The predicted molar refractivity (Wildman–Crippen MR) is 71.4 cm³/mol. The fourth-order valence-corrected chi connectivity index (χ4v) is 1.41. The minimum atomic E-state index is 0.479. The number of hydrogen-bond acceptors (Lipinski definition) is 4. The van der Waals surface area contributed by atoms with Crippen molar-refractivity contribution in [1.29, 1.82) is 0 Å². The molecule has 0 fully saturated rings. The topological polar surface area (TPSA) is 55.2 Å². The molecule has 4 nitrogen and oxygen atoms in total. The van der Waals surface area contributed by atoms with Gasteiger partial charge in [-0.25, -0.2) is 9.97 Å².